The largest absolute Gasteiger partial charge is 0.347 e. The van der Waals surface area contributed by atoms with Crippen LogP contribution in [0.3, 0.4) is 0 Å². The number of hydrogen-bond donors (Lipinski definition) is 1. The minimum Gasteiger partial charge on any atom is -0.347 e. The van der Waals surface area contributed by atoms with Crippen molar-refractivity contribution >= 4 is 5.95 Å². The lowest BCUT2D eigenvalue weighted by Gasteiger charge is -2.18. The van der Waals surface area contributed by atoms with E-state index in [9.17, 15) is 0 Å². The summed E-state index contributed by atoms with van der Waals surface area (Å²) in [5.41, 5.74) is 3.36. The Balaban J connectivity index is 2.24. The molecule has 2 rings (SSSR count). The smallest absolute Gasteiger partial charge is 0.223 e. The van der Waals surface area contributed by atoms with Crippen molar-refractivity contribution < 1.29 is 0 Å². The third kappa shape index (κ3) is 3.56. The number of benzene rings is 1. The van der Waals surface area contributed by atoms with Gasteiger partial charge >= 0.3 is 0 Å². The predicted molar refractivity (Wildman–Crippen MR) is 84.0 cm³/mol. The lowest BCUT2D eigenvalue weighted by atomic mass is 10.1. The zero-order valence-electron chi connectivity index (χ0n) is 12.7. The van der Waals surface area contributed by atoms with Gasteiger partial charge in [-0.25, -0.2) is 9.97 Å². The van der Waals surface area contributed by atoms with Crippen LogP contribution in [0.2, 0.25) is 0 Å². The van der Waals surface area contributed by atoms with Crippen molar-refractivity contribution in [3.8, 4) is 0 Å². The van der Waals surface area contributed by atoms with Gasteiger partial charge in [0, 0.05) is 11.4 Å². The van der Waals surface area contributed by atoms with E-state index in [-0.39, 0.29) is 6.04 Å². The first-order valence-corrected chi connectivity index (χ1v) is 7.27. The van der Waals surface area contributed by atoms with E-state index in [0.29, 0.717) is 5.92 Å². The first-order chi connectivity index (χ1) is 9.60. The van der Waals surface area contributed by atoms with E-state index in [2.05, 4.69) is 66.4 Å². The third-order valence-electron chi connectivity index (χ3n) is 3.38. The molecule has 20 heavy (non-hydrogen) atoms. The SMILES string of the molecule is CCC(Nc1nc(C)cc(C(C)C)n1)c1ccccc1. The number of rotatable bonds is 5. The normalized spacial score (nSPS) is 12.4. The molecule has 1 heterocycles. The van der Waals surface area contributed by atoms with Crippen molar-refractivity contribution in [2.24, 2.45) is 0 Å². The molecule has 106 valence electrons. The summed E-state index contributed by atoms with van der Waals surface area (Å²) >= 11 is 0. The number of aromatic nitrogens is 2. The molecule has 0 saturated heterocycles. The Bertz CT molecular complexity index is 549. The highest BCUT2D eigenvalue weighted by Crippen LogP contribution is 2.22. The first kappa shape index (κ1) is 14.5. The second-order valence-electron chi connectivity index (χ2n) is 5.43. The molecule has 1 unspecified atom stereocenters. The zero-order valence-corrected chi connectivity index (χ0v) is 12.7. The summed E-state index contributed by atoms with van der Waals surface area (Å²) < 4.78 is 0. The quantitative estimate of drug-likeness (QED) is 0.870. The molecule has 0 radical (unpaired) electrons. The van der Waals surface area contributed by atoms with E-state index in [1.54, 1.807) is 0 Å². The highest BCUT2D eigenvalue weighted by atomic mass is 15.1. The Hall–Kier alpha value is -1.90. The molecule has 0 saturated carbocycles. The molecule has 0 spiro atoms. The topological polar surface area (TPSA) is 37.8 Å². The van der Waals surface area contributed by atoms with E-state index >= 15 is 0 Å². The fourth-order valence-corrected chi connectivity index (χ4v) is 2.22. The number of nitrogens with zero attached hydrogens (tertiary/aromatic N) is 2. The third-order valence-corrected chi connectivity index (χ3v) is 3.38. The molecule has 1 atom stereocenters. The van der Waals surface area contributed by atoms with Gasteiger partial charge in [-0.2, -0.15) is 0 Å². The molecule has 0 amide bonds. The summed E-state index contributed by atoms with van der Waals surface area (Å²) in [6.07, 6.45) is 0.998. The Morgan fingerprint density at radius 3 is 2.40 bits per heavy atom. The maximum Gasteiger partial charge on any atom is 0.223 e. The number of aryl methyl sites for hydroxylation is 1. The molecule has 1 aromatic carbocycles. The van der Waals surface area contributed by atoms with Crippen LogP contribution < -0.4 is 5.32 Å². The van der Waals surface area contributed by atoms with Crippen LogP contribution in [-0.2, 0) is 0 Å². The van der Waals surface area contributed by atoms with E-state index in [1.807, 2.05) is 13.0 Å². The van der Waals surface area contributed by atoms with Crippen molar-refractivity contribution in [2.45, 2.75) is 46.1 Å². The molecule has 3 heteroatoms. The minimum absolute atomic E-state index is 0.248. The van der Waals surface area contributed by atoms with Gasteiger partial charge < -0.3 is 5.32 Å². The van der Waals surface area contributed by atoms with Crippen LogP contribution in [0.25, 0.3) is 0 Å². The monoisotopic (exact) mass is 269 g/mol. The number of anilines is 1. The van der Waals surface area contributed by atoms with Crippen molar-refractivity contribution in [3.63, 3.8) is 0 Å². The molecule has 3 nitrogen and oxygen atoms in total. The predicted octanol–water partition coefficient (Wildman–Crippen LogP) is 4.47. The van der Waals surface area contributed by atoms with Crippen LogP contribution in [0, 0.1) is 6.92 Å². The Labute approximate surface area is 121 Å². The second-order valence-corrected chi connectivity index (χ2v) is 5.43. The lowest BCUT2D eigenvalue weighted by Crippen LogP contribution is -2.13. The fraction of sp³-hybridized carbons (Fsp3) is 0.412. The average molecular weight is 269 g/mol. The summed E-state index contributed by atoms with van der Waals surface area (Å²) in [6, 6.07) is 12.8. The van der Waals surface area contributed by atoms with Crippen LogP contribution in [0.5, 0.6) is 0 Å². The molecule has 1 aromatic heterocycles. The molecule has 0 fully saturated rings. The highest BCUT2D eigenvalue weighted by Gasteiger charge is 2.12. The highest BCUT2D eigenvalue weighted by molar-refractivity contribution is 5.34. The summed E-state index contributed by atoms with van der Waals surface area (Å²) in [6.45, 7) is 8.49. The van der Waals surface area contributed by atoms with Gasteiger partial charge in [-0.3, -0.25) is 0 Å². The van der Waals surface area contributed by atoms with Crippen molar-refractivity contribution in [3.05, 3.63) is 53.3 Å². The number of nitrogens with one attached hydrogen (secondary N) is 1. The second kappa shape index (κ2) is 6.51. The van der Waals surface area contributed by atoms with Crippen LogP contribution in [-0.4, -0.2) is 9.97 Å². The van der Waals surface area contributed by atoms with Gasteiger partial charge in [-0.15, -0.1) is 0 Å². The molecular formula is C17H23N3. The average Bonchev–Trinajstić information content (AvgIpc) is 2.45. The van der Waals surface area contributed by atoms with E-state index in [0.717, 1.165) is 23.8 Å². The van der Waals surface area contributed by atoms with E-state index in [4.69, 9.17) is 0 Å². The van der Waals surface area contributed by atoms with Crippen molar-refractivity contribution in [1.29, 1.82) is 0 Å². The van der Waals surface area contributed by atoms with Crippen molar-refractivity contribution in [1.82, 2.24) is 9.97 Å². The van der Waals surface area contributed by atoms with Gasteiger partial charge in [-0.05, 0) is 30.9 Å². The summed E-state index contributed by atoms with van der Waals surface area (Å²) in [4.78, 5) is 9.13. The molecule has 0 aliphatic heterocycles. The van der Waals surface area contributed by atoms with Crippen LogP contribution in [0.1, 0.15) is 56.1 Å². The Morgan fingerprint density at radius 1 is 1.10 bits per heavy atom. The van der Waals surface area contributed by atoms with Gasteiger partial charge in [-0.1, -0.05) is 51.1 Å². The number of hydrogen-bond acceptors (Lipinski definition) is 3. The molecule has 2 aromatic rings. The first-order valence-electron chi connectivity index (χ1n) is 7.27. The Morgan fingerprint density at radius 2 is 1.80 bits per heavy atom. The van der Waals surface area contributed by atoms with Crippen molar-refractivity contribution in [2.75, 3.05) is 5.32 Å². The maximum atomic E-state index is 4.62. The van der Waals surface area contributed by atoms with Crippen LogP contribution in [0.15, 0.2) is 36.4 Å². The Kier molecular flexibility index (Phi) is 4.72. The van der Waals surface area contributed by atoms with Crippen LogP contribution in [0.4, 0.5) is 5.95 Å². The molecular weight excluding hydrogens is 246 g/mol. The molecule has 0 bridgehead atoms. The van der Waals surface area contributed by atoms with Gasteiger partial charge in [0.1, 0.15) is 0 Å². The molecule has 0 aliphatic rings. The summed E-state index contributed by atoms with van der Waals surface area (Å²) in [5.74, 6) is 1.14. The summed E-state index contributed by atoms with van der Waals surface area (Å²) in [7, 11) is 0. The van der Waals surface area contributed by atoms with Crippen LogP contribution >= 0.6 is 0 Å². The lowest BCUT2D eigenvalue weighted by molar-refractivity contribution is 0.729. The van der Waals surface area contributed by atoms with Gasteiger partial charge in [0.05, 0.1) is 6.04 Å². The minimum atomic E-state index is 0.248. The van der Waals surface area contributed by atoms with E-state index < -0.39 is 0 Å². The van der Waals surface area contributed by atoms with Gasteiger partial charge in [0.15, 0.2) is 0 Å². The maximum absolute atomic E-state index is 4.62. The van der Waals surface area contributed by atoms with Gasteiger partial charge in [0.25, 0.3) is 0 Å². The molecule has 1 N–H and O–H groups in total. The summed E-state index contributed by atoms with van der Waals surface area (Å²) in [5, 5.41) is 3.46. The molecule has 0 aliphatic carbocycles. The van der Waals surface area contributed by atoms with E-state index in [1.165, 1.54) is 5.56 Å². The van der Waals surface area contributed by atoms with Gasteiger partial charge in [0.2, 0.25) is 5.95 Å². The standard InChI is InChI=1S/C17H23N3/c1-5-15(14-9-7-6-8-10-14)19-17-18-13(4)11-16(20-17)12(2)3/h6-12,15H,5H2,1-4H3,(H,18,19,20). The zero-order chi connectivity index (χ0) is 14.5. The fourth-order valence-electron chi connectivity index (χ4n) is 2.22.